The molecule has 12 rings (SSSR count). The molecular weight excluding hydrogens is 811 g/mol. The summed E-state index contributed by atoms with van der Waals surface area (Å²) < 4.78 is 0. The van der Waals surface area contributed by atoms with E-state index in [1.54, 1.807) is 0 Å². The van der Waals surface area contributed by atoms with E-state index < -0.39 is 10.8 Å². The molecular formula is C64H51N3. The van der Waals surface area contributed by atoms with Gasteiger partial charge in [-0.15, -0.1) is 0 Å². The van der Waals surface area contributed by atoms with Crippen LogP contribution in [-0.2, 0) is 10.8 Å². The molecule has 322 valence electrons. The van der Waals surface area contributed by atoms with Gasteiger partial charge >= 0.3 is 0 Å². The maximum Gasteiger partial charge on any atom is 0.0713 e. The second-order valence-corrected chi connectivity index (χ2v) is 18.4. The SMILES string of the molecule is CC1(C)c2cc(N(c3ccccc3)c3ccccc3)ccc2N(c2ccc(N(C3=CC=CCC3)c3ccccc3)cc2)c2ccc(C3(c4ccccc4)c4ccccc4-c4ccccc43)cc21. The van der Waals surface area contributed by atoms with Gasteiger partial charge in [0.05, 0.1) is 16.8 Å². The van der Waals surface area contributed by atoms with Crippen LogP contribution in [-0.4, -0.2) is 0 Å². The van der Waals surface area contributed by atoms with E-state index >= 15 is 0 Å². The molecule has 67 heavy (non-hydrogen) atoms. The van der Waals surface area contributed by atoms with E-state index in [4.69, 9.17) is 0 Å². The zero-order chi connectivity index (χ0) is 45.0. The Morgan fingerprint density at radius 3 is 1.45 bits per heavy atom. The van der Waals surface area contributed by atoms with Crippen molar-refractivity contribution < 1.29 is 0 Å². The largest absolute Gasteiger partial charge is 0.314 e. The van der Waals surface area contributed by atoms with Gasteiger partial charge in [-0.25, -0.2) is 0 Å². The third-order valence-corrected chi connectivity index (χ3v) is 14.3. The molecule has 0 saturated carbocycles. The number of fused-ring (bicyclic) bond motifs is 5. The fraction of sp³-hybridized carbons (Fsp3) is 0.0938. The summed E-state index contributed by atoms with van der Waals surface area (Å²) >= 11 is 0. The number of rotatable bonds is 9. The van der Waals surface area contributed by atoms with Crippen LogP contribution in [0.3, 0.4) is 0 Å². The highest BCUT2D eigenvalue weighted by Gasteiger charge is 2.47. The Morgan fingerprint density at radius 1 is 0.403 bits per heavy atom. The lowest BCUT2D eigenvalue weighted by molar-refractivity contribution is 0.627. The summed E-state index contributed by atoms with van der Waals surface area (Å²) in [5.74, 6) is 0. The maximum absolute atomic E-state index is 2.55. The molecule has 0 saturated heterocycles. The van der Waals surface area contributed by atoms with Gasteiger partial charge < -0.3 is 14.7 Å². The fourth-order valence-electron chi connectivity index (χ4n) is 11.3. The Hall–Kier alpha value is -8.14. The number of hydrogen-bond acceptors (Lipinski definition) is 3. The quantitative estimate of drug-likeness (QED) is 0.143. The van der Waals surface area contributed by atoms with E-state index in [1.165, 1.54) is 61.6 Å². The van der Waals surface area contributed by atoms with Gasteiger partial charge in [0.1, 0.15) is 0 Å². The number of allylic oxidation sites excluding steroid dienone is 4. The van der Waals surface area contributed by atoms with E-state index in [0.717, 1.165) is 47.0 Å². The van der Waals surface area contributed by atoms with Gasteiger partial charge in [0.15, 0.2) is 0 Å². The van der Waals surface area contributed by atoms with Crippen molar-refractivity contribution in [3.8, 4) is 11.1 Å². The lowest BCUT2D eigenvalue weighted by atomic mass is 9.65. The van der Waals surface area contributed by atoms with Crippen LogP contribution in [0.4, 0.5) is 45.5 Å². The highest BCUT2D eigenvalue weighted by molar-refractivity contribution is 5.91. The first-order chi connectivity index (χ1) is 33.0. The van der Waals surface area contributed by atoms with Crippen molar-refractivity contribution >= 4 is 45.5 Å². The Bertz CT molecular complexity index is 3230. The molecule has 0 unspecified atom stereocenters. The van der Waals surface area contributed by atoms with Gasteiger partial charge in [0.25, 0.3) is 0 Å². The van der Waals surface area contributed by atoms with Crippen LogP contribution >= 0.6 is 0 Å². The smallest absolute Gasteiger partial charge is 0.0713 e. The van der Waals surface area contributed by atoms with Gasteiger partial charge in [0.2, 0.25) is 0 Å². The molecule has 0 fully saturated rings. The summed E-state index contributed by atoms with van der Waals surface area (Å²) in [4.78, 5) is 7.30. The molecule has 0 N–H and O–H groups in total. The average Bonchev–Trinajstić information content (AvgIpc) is 3.70. The first-order valence-electron chi connectivity index (χ1n) is 23.6. The van der Waals surface area contributed by atoms with E-state index in [2.05, 4.69) is 277 Å². The van der Waals surface area contributed by atoms with Gasteiger partial charge in [-0.1, -0.05) is 172 Å². The van der Waals surface area contributed by atoms with E-state index in [1.807, 2.05) is 0 Å². The van der Waals surface area contributed by atoms with Crippen LogP contribution in [0.25, 0.3) is 11.1 Å². The highest BCUT2D eigenvalue weighted by Crippen LogP contribution is 2.59. The zero-order valence-corrected chi connectivity index (χ0v) is 37.9. The number of hydrogen-bond donors (Lipinski definition) is 0. The first-order valence-corrected chi connectivity index (χ1v) is 23.6. The number of para-hydroxylation sites is 3. The summed E-state index contributed by atoms with van der Waals surface area (Å²) in [5, 5.41) is 0. The molecule has 1 aliphatic heterocycles. The number of benzene rings is 9. The standard InChI is InChI=1S/C64H51N3/c1-63(2)59-44-47(64(46-22-8-3-9-23-46)57-34-20-18-32-55(57)56-33-19-21-35-58(56)64)36-42-61(59)67(53-39-37-52(38-40-53)65(48-24-10-4-11-25-48)49-26-12-5-13-27-49)62-43-41-54(45-60(62)63)66(50-28-14-6-15-29-50)51-30-16-7-17-31-51/h3-12,14-26,28-45H,13,27H2,1-2H3. The normalized spacial score (nSPS) is 14.8. The van der Waals surface area contributed by atoms with Crippen molar-refractivity contribution in [3.05, 3.63) is 288 Å². The molecule has 1 heterocycles. The maximum atomic E-state index is 2.55. The Kier molecular flexibility index (Phi) is 9.87. The molecule has 0 bridgehead atoms. The molecule has 2 aliphatic carbocycles. The van der Waals surface area contributed by atoms with Crippen molar-refractivity contribution in [2.45, 2.75) is 37.5 Å². The van der Waals surface area contributed by atoms with Crippen LogP contribution in [0.1, 0.15) is 60.1 Å². The fourth-order valence-corrected chi connectivity index (χ4v) is 11.3. The lowest BCUT2D eigenvalue weighted by Gasteiger charge is -2.44. The van der Waals surface area contributed by atoms with Crippen molar-refractivity contribution in [1.29, 1.82) is 0 Å². The predicted octanol–water partition coefficient (Wildman–Crippen LogP) is 17.0. The Labute approximate surface area is 394 Å². The Morgan fingerprint density at radius 2 is 0.881 bits per heavy atom. The van der Waals surface area contributed by atoms with Crippen molar-refractivity contribution in [2.75, 3.05) is 14.7 Å². The van der Waals surface area contributed by atoms with E-state index in [0.29, 0.717) is 0 Å². The first kappa shape index (κ1) is 40.4. The molecule has 9 aromatic carbocycles. The summed E-state index contributed by atoms with van der Waals surface area (Å²) in [6, 6.07) is 85.1. The summed E-state index contributed by atoms with van der Waals surface area (Å²) in [7, 11) is 0. The lowest BCUT2D eigenvalue weighted by Crippen LogP contribution is -2.33. The molecule has 3 nitrogen and oxygen atoms in total. The second-order valence-electron chi connectivity index (χ2n) is 18.4. The van der Waals surface area contributed by atoms with Crippen LogP contribution in [0.15, 0.2) is 254 Å². The minimum atomic E-state index is -0.518. The van der Waals surface area contributed by atoms with Gasteiger partial charge in [-0.05, 0) is 148 Å². The van der Waals surface area contributed by atoms with Crippen molar-refractivity contribution in [3.63, 3.8) is 0 Å². The van der Waals surface area contributed by atoms with Crippen LogP contribution in [0.2, 0.25) is 0 Å². The van der Waals surface area contributed by atoms with Crippen LogP contribution in [0.5, 0.6) is 0 Å². The minimum Gasteiger partial charge on any atom is -0.314 e. The molecule has 9 aromatic rings. The molecule has 0 amide bonds. The van der Waals surface area contributed by atoms with Gasteiger partial charge in [-0.2, -0.15) is 0 Å². The predicted molar refractivity (Wildman–Crippen MR) is 280 cm³/mol. The summed E-state index contributed by atoms with van der Waals surface area (Å²) in [6.45, 7) is 4.84. The van der Waals surface area contributed by atoms with E-state index in [9.17, 15) is 0 Å². The summed E-state index contributed by atoms with van der Waals surface area (Å²) in [5.41, 5.74) is 19.8. The van der Waals surface area contributed by atoms with Crippen molar-refractivity contribution in [1.82, 2.24) is 0 Å². The second kappa shape index (κ2) is 16.4. The third kappa shape index (κ3) is 6.56. The van der Waals surface area contributed by atoms with Crippen molar-refractivity contribution in [2.24, 2.45) is 0 Å². The average molecular weight is 862 g/mol. The Balaban J connectivity index is 1.08. The van der Waals surface area contributed by atoms with Crippen LogP contribution < -0.4 is 14.7 Å². The molecule has 3 aliphatic rings. The van der Waals surface area contributed by atoms with Gasteiger partial charge in [0, 0.05) is 45.2 Å². The van der Waals surface area contributed by atoms with Gasteiger partial charge in [-0.3, -0.25) is 0 Å². The molecule has 0 aromatic heterocycles. The van der Waals surface area contributed by atoms with E-state index in [-0.39, 0.29) is 0 Å². The molecule has 0 spiro atoms. The molecule has 0 atom stereocenters. The zero-order valence-electron chi connectivity index (χ0n) is 37.9. The third-order valence-electron chi connectivity index (χ3n) is 14.3. The molecule has 3 heteroatoms. The number of nitrogens with zero attached hydrogens (tertiary/aromatic N) is 3. The summed E-state index contributed by atoms with van der Waals surface area (Å²) in [6.07, 6.45) is 8.72. The topological polar surface area (TPSA) is 9.72 Å². The molecule has 0 radical (unpaired) electrons. The monoisotopic (exact) mass is 861 g/mol. The number of anilines is 8. The minimum absolute atomic E-state index is 0.396. The highest BCUT2D eigenvalue weighted by atomic mass is 15.2. The van der Waals surface area contributed by atoms with Crippen LogP contribution in [0, 0.1) is 0 Å².